The third-order valence-corrected chi connectivity index (χ3v) is 2.57. The van der Waals surface area contributed by atoms with Gasteiger partial charge in [0.25, 0.3) is 0 Å². The van der Waals surface area contributed by atoms with E-state index in [-0.39, 0.29) is 5.75 Å². The monoisotopic (exact) mass is 285 g/mol. The highest BCUT2D eigenvalue weighted by atomic mass is 32.1. The number of aromatic nitrogens is 1. The molecule has 0 atom stereocenters. The average molecular weight is 285 g/mol. The molecule has 0 saturated carbocycles. The van der Waals surface area contributed by atoms with Gasteiger partial charge in [0.1, 0.15) is 5.75 Å². The lowest BCUT2D eigenvalue weighted by molar-refractivity contribution is -0.153. The zero-order chi connectivity index (χ0) is 13.9. The lowest BCUT2D eigenvalue weighted by Crippen LogP contribution is -2.19. The molecule has 0 amide bonds. The van der Waals surface area contributed by atoms with E-state index in [1.54, 1.807) is 18.3 Å². The van der Waals surface area contributed by atoms with Crippen molar-refractivity contribution in [2.75, 3.05) is 6.61 Å². The summed E-state index contributed by atoms with van der Waals surface area (Å²) in [6.07, 6.45) is -1.55. The fourth-order valence-electron chi connectivity index (χ4n) is 1.51. The van der Waals surface area contributed by atoms with E-state index in [4.69, 9.17) is 0 Å². The Bertz CT molecular complexity index is 572. The number of alkyl halides is 3. The van der Waals surface area contributed by atoms with E-state index in [0.29, 0.717) is 5.56 Å². The van der Waals surface area contributed by atoms with Crippen molar-refractivity contribution in [3.8, 4) is 16.9 Å². The first-order valence-electron chi connectivity index (χ1n) is 5.38. The van der Waals surface area contributed by atoms with Crippen molar-refractivity contribution >= 4 is 12.6 Å². The summed E-state index contributed by atoms with van der Waals surface area (Å²) in [4.78, 5) is 4.64. The van der Waals surface area contributed by atoms with E-state index in [1.807, 2.05) is 12.1 Å². The lowest BCUT2D eigenvalue weighted by Gasteiger charge is -2.10. The van der Waals surface area contributed by atoms with E-state index >= 15 is 0 Å². The first-order chi connectivity index (χ1) is 8.94. The van der Waals surface area contributed by atoms with E-state index in [1.165, 1.54) is 12.3 Å². The molecule has 1 aromatic heterocycles. The summed E-state index contributed by atoms with van der Waals surface area (Å²) >= 11 is 4.21. The smallest absolute Gasteiger partial charge is 0.422 e. The fourth-order valence-corrected chi connectivity index (χ4v) is 1.73. The third kappa shape index (κ3) is 4.17. The number of hydrogen-bond donors (Lipinski definition) is 1. The Balaban J connectivity index is 2.20. The Hall–Kier alpha value is -1.69. The van der Waals surface area contributed by atoms with Crippen LogP contribution in [0.3, 0.4) is 0 Å². The van der Waals surface area contributed by atoms with Gasteiger partial charge in [0.15, 0.2) is 6.61 Å². The van der Waals surface area contributed by atoms with E-state index in [0.717, 1.165) is 10.5 Å². The average Bonchev–Trinajstić information content (AvgIpc) is 2.36. The van der Waals surface area contributed by atoms with E-state index in [2.05, 4.69) is 22.3 Å². The van der Waals surface area contributed by atoms with Gasteiger partial charge in [-0.3, -0.25) is 4.98 Å². The predicted molar refractivity (Wildman–Crippen MR) is 68.5 cm³/mol. The quantitative estimate of drug-likeness (QED) is 0.862. The molecule has 2 rings (SSSR count). The zero-order valence-electron chi connectivity index (χ0n) is 9.69. The molecule has 0 aliphatic carbocycles. The molecule has 2 nitrogen and oxygen atoms in total. The molecule has 2 aromatic rings. The standard InChI is InChI=1S/C13H10F3NOS/c14-13(15,16)8-18-11-4-10(6-17-7-11)9-2-1-3-12(19)5-9/h1-7,19H,8H2. The fraction of sp³-hybridized carbons (Fsp3) is 0.154. The Morgan fingerprint density at radius 2 is 1.89 bits per heavy atom. The minimum absolute atomic E-state index is 0.0828. The third-order valence-electron chi connectivity index (χ3n) is 2.30. The molecule has 100 valence electrons. The number of hydrogen-bond acceptors (Lipinski definition) is 3. The van der Waals surface area contributed by atoms with Crippen LogP contribution in [0, 0.1) is 0 Å². The predicted octanol–water partition coefficient (Wildman–Crippen LogP) is 3.98. The molecule has 1 heterocycles. The lowest BCUT2D eigenvalue weighted by atomic mass is 10.1. The van der Waals surface area contributed by atoms with Gasteiger partial charge in [0.2, 0.25) is 0 Å². The van der Waals surface area contributed by atoms with Gasteiger partial charge in [-0.15, -0.1) is 12.6 Å². The molecule has 1 aromatic carbocycles. The summed E-state index contributed by atoms with van der Waals surface area (Å²) in [5.74, 6) is 0.0828. The number of thiol groups is 1. The van der Waals surface area contributed by atoms with Gasteiger partial charge in [-0.1, -0.05) is 12.1 Å². The molecule has 6 heteroatoms. The van der Waals surface area contributed by atoms with Crippen LogP contribution >= 0.6 is 12.6 Å². The molecule has 0 radical (unpaired) electrons. The minimum Gasteiger partial charge on any atom is -0.482 e. The summed E-state index contributed by atoms with van der Waals surface area (Å²) < 4.78 is 40.8. The molecular weight excluding hydrogens is 275 g/mol. The van der Waals surface area contributed by atoms with Gasteiger partial charge in [-0.25, -0.2) is 0 Å². The Kier molecular flexibility index (Phi) is 3.99. The van der Waals surface area contributed by atoms with Crippen molar-refractivity contribution in [1.82, 2.24) is 4.98 Å². The second kappa shape index (κ2) is 5.52. The second-order valence-electron chi connectivity index (χ2n) is 3.86. The second-order valence-corrected chi connectivity index (χ2v) is 4.38. The molecular formula is C13H10F3NOS. The number of rotatable bonds is 3. The molecule has 0 saturated heterocycles. The Morgan fingerprint density at radius 3 is 2.58 bits per heavy atom. The Morgan fingerprint density at radius 1 is 1.11 bits per heavy atom. The Labute approximate surface area is 113 Å². The zero-order valence-corrected chi connectivity index (χ0v) is 10.6. The largest absolute Gasteiger partial charge is 0.482 e. The van der Waals surface area contributed by atoms with Crippen LogP contribution in [0.1, 0.15) is 0 Å². The van der Waals surface area contributed by atoms with E-state index < -0.39 is 12.8 Å². The number of benzene rings is 1. The topological polar surface area (TPSA) is 22.1 Å². The van der Waals surface area contributed by atoms with Crippen molar-refractivity contribution in [2.45, 2.75) is 11.1 Å². The molecule has 0 unspecified atom stereocenters. The minimum atomic E-state index is -4.36. The molecule has 0 bridgehead atoms. The first-order valence-corrected chi connectivity index (χ1v) is 5.83. The molecule has 19 heavy (non-hydrogen) atoms. The number of nitrogens with zero attached hydrogens (tertiary/aromatic N) is 1. The maximum absolute atomic E-state index is 12.1. The first kappa shape index (κ1) is 13.7. The van der Waals surface area contributed by atoms with Gasteiger partial charge in [0, 0.05) is 16.7 Å². The summed E-state index contributed by atoms with van der Waals surface area (Å²) in [6, 6.07) is 8.75. The maximum Gasteiger partial charge on any atom is 0.422 e. The van der Waals surface area contributed by atoms with Crippen molar-refractivity contribution in [2.24, 2.45) is 0 Å². The van der Waals surface area contributed by atoms with Crippen LogP contribution in [0.15, 0.2) is 47.6 Å². The summed E-state index contributed by atoms with van der Waals surface area (Å²) in [5, 5.41) is 0. The van der Waals surface area contributed by atoms with Gasteiger partial charge in [-0.05, 0) is 23.8 Å². The highest BCUT2D eigenvalue weighted by molar-refractivity contribution is 7.80. The molecule has 0 N–H and O–H groups in total. The van der Waals surface area contributed by atoms with Gasteiger partial charge in [0.05, 0.1) is 6.20 Å². The van der Waals surface area contributed by atoms with Crippen molar-refractivity contribution < 1.29 is 17.9 Å². The van der Waals surface area contributed by atoms with Crippen LogP contribution in [-0.2, 0) is 0 Å². The SMILES string of the molecule is FC(F)(F)COc1cncc(-c2cccc(S)c2)c1. The van der Waals surface area contributed by atoms with Crippen molar-refractivity contribution in [1.29, 1.82) is 0 Å². The van der Waals surface area contributed by atoms with Crippen LogP contribution in [0.25, 0.3) is 11.1 Å². The summed E-state index contributed by atoms with van der Waals surface area (Å²) in [5.41, 5.74) is 1.49. The number of halogens is 3. The van der Waals surface area contributed by atoms with Gasteiger partial charge >= 0.3 is 6.18 Å². The highest BCUT2D eigenvalue weighted by Gasteiger charge is 2.28. The molecule has 0 spiro atoms. The van der Waals surface area contributed by atoms with E-state index in [9.17, 15) is 13.2 Å². The van der Waals surface area contributed by atoms with Crippen LogP contribution in [0.5, 0.6) is 5.75 Å². The summed E-state index contributed by atoms with van der Waals surface area (Å²) in [7, 11) is 0. The number of pyridine rings is 1. The van der Waals surface area contributed by atoms with Crippen LogP contribution in [-0.4, -0.2) is 17.8 Å². The van der Waals surface area contributed by atoms with Crippen LogP contribution < -0.4 is 4.74 Å². The van der Waals surface area contributed by atoms with Gasteiger partial charge < -0.3 is 4.74 Å². The van der Waals surface area contributed by atoms with Crippen molar-refractivity contribution in [3.05, 3.63) is 42.7 Å². The molecule has 0 aliphatic heterocycles. The van der Waals surface area contributed by atoms with Gasteiger partial charge in [-0.2, -0.15) is 13.2 Å². The highest BCUT2D eigenvalue weighted by Crippen LogP contribution is 2.25. The number of ether oxygens (including phenoxy) is 1. The molecule has 0 fully saturated rings. The van der Waals surface area contributed by atoms with Crippen LogP contribution in [0.2, 0.25) is 0 Å². The van der Waals surface area contributed by atoms with Crippen molar-refractivity contribution in [3.63, 3.8) is 0 Å². The molecule has 0 aliphatic rings. The maximum atomic E-state index is 12.1. The van der Waals surface area contributed by atoms with Crippen LogP contribution in [0.4, 0.5) is 13.2 Å². The normalized spacial score (nSPS) is 11.4. The summed E-state index contributed by atoms with van der Waals surface area (Å²) in [6.45, 7) is -1.33.